The van der Waals surface area contributed by atoms with Gasteiger partial charge in [-0.05, 0) is 48.1 Å². The summed E-state index contributed by atoms with van der Waals surface area (Å²) in [6.07, 6.45) is 0.723. The number of fused-ring (bicyclic) bond motifs is 3. The van der Waals surface area contributed by atoms with E-state index in [0.717, 1.165) is 34.4 Å². The lowest BCUT2D eigenvalue weighted by atomic mass is 9.93. The Balaban J connectivity index is 1.85. The molecule has 0 bridgehead atoms. The highest BCUT2D eigenvalue weighted by Gasteiger charge is 2.33. The number of hydrogen-bond acceptors (Lipinski definition) is 5. The van der Waals surface area contributed by atoms with Crippen molar-refractivity contribution >= 4 is 17.1 Å². The third-order valence-corrected chi connectivity index (χ3v) is 7.01. The number of nitrogens with zero attached hydrogens (tertiary/aromatic N) is 2. The van der Waals surface area contributed by atoms with Gasteiger partial charge in [-0.1, -0.05) is 35.9 Å². The second-order valence-corrected chi connectivity index (χ2v) is 8.95. The third-order valence-electron chi connectivity index (χ3n) is 6.14. The van der Waals surface area contributed by atoms with Crippen molar-refractivity contribution in [3.63, 3.8) is 0 Å². The third kappa shape index (κ3) is 3.33. The summed E-state index contributed by atoms with van der Waals surface area (Å²) in [5.41, 5.74) is 6.47. The Hall–Kier alpha value is -3.82. The minimum absolute atomic E-state index is 0.0627. The molecule has 1 aliphatic rings. The lowest BCUT2D eigenvalue weighted by Gasteiger charge is -2.23. The Morgan fingerprint density at radius 1 is 1.09 bits per heavy atom. The molecule has 0 atom stereocenters. The molecule has 0 saturated carbocycles. The number of carbonyl (C=O) groups excluding carboxylic acids is 1. The molecule has 33 heavy (non-hydrogen) atoms. The standard InChI is InChI=1S/C27H22N2O3S/c1-16-6-8-17(9-7-16)24-20(15-28)25-19-14-22(32-3)21(31-2)13-18(19)10-11-29(25)26(24)27(30)23-5-4-12-33-23/h4-9,12-14H,10-11H2,1-3H3. The van der Waals surface area contributed by atoms with Crippen molar-refractivity contribution in [2.24, 2.45) is 0 Å². The molecule has 164 valence electrons. The molecule has 6 heteroatoms. The summed E-state index contributed by atoms with van der Waals surface area (Å²) in [7, 11) is 3.21. The van der Waals surface area contributed by atoms with Crippen LogP contribution < -0.4 is 9.47 Å². The van der Waals surface area contributed by atoms with Crippen molar-refractivity contribution in [3.05, 3.63) is 81.2 Å². The van der Waals surface area contributed by atoms with Crippen LogP contribution in [0.1, 0.15) is 32.1 Å². The molecular weight excluding hydrogens is 432 g/mol. The minimum atomic E-state index is -0.0627. The number of aryl methyl sites for hydroxylation is 2. The number of ether oxygens (including phenoxy) is 2. The maximum Gasteiger partial charge on any atom is 0.219 e. The van der Waals surface area contributed by atoms with Crippen LogP contribution in [-0.2, 0) is 13.0 Å². The highest BCUT2D eigenvalue weighted by atomic mass is 32.1. The zero-order valence-corrected chi connectivity index (χ0v) is 19.5. The van der Waals surface area contributed by atoms with Gasteiger partial charge in [-0.15, -0.1) is 11.3 Å². The van der Waals surface area contributed by atoms with Gasteiger partial charge in [0, 0.05) is 17.7 Å². The lowest BCUT2D eigenvalue weighted by molar-refractivity contribution is 0.103. The van der Waals surface area contributed by atoms with Crippen molar-refractivity contribution in [2.75, 3.05) is 14.2 Å². The summed E-state index contributed by atoms with van der Waals surface area (Å²) in [4.78, 5) is 14.4. The molecular formula is C27H22N2O3S. The summed E-state index contributed by atoms with van der Waals surface area (Å²) in [6, 6.07) is 18.0. The summed E-state index contributed by atoms with van der Waals surface area (Å²) in [6.45, 7) is 2.62. The van der Waals surface area contributed by atoms with Crippen LogP contribution in [0.3, 0.4) is 0 Å². The molecule has 0 aliphatic carbocycles. The number of ketones is 1. The number of thiophene rings is 1. The zero-order valence-electron chi connectivity index (χ0n) is 18.6. The predicted octanol–water partition coefficient (Wildman–Crippen LogP) is 5.87. The van der Waals surface area contributed by atoms with Gasteiger partial charge in [0.05, 0.1) is 30.4 Å². The number of hydrogen-bond donors (Lipinski definition) is 0. The number of benzene rings is 2. The van der Waals surface area contributed by atoms with E-state index in [-0.39, 0.29) is 5.78 Å². The van der Waals surface area contributed by atoms with Crippen LogP contribution in [0.2, 0.25) is 0 Å². The van der Waals surface area contributed by atoms with Crippen LogP contribution in [-0.4, -0.2) is 24.6 Å². The first kappa shape index (κ1) is 21.0. The molecule has 0 amide bonds. The highest BCUT2D eigenvalue weighted by molar-refractivity contribution is 7.12. The lowest BCUT2D eigenvalue weighted by Crippen LogP contribution is -2.17. The van der Waals surface area contributed by atoms with Gasteiger partial charge >= 0.3 is 0 Å². The SMILES string of the molecule is COc1cc2c(cc1OC)-c1c(C#N)c(-c3ccc(C)cc3)c(C(=O)c3cccs3)n1CC2. The molecule has 3 heterocycles. The van der Waals surface area contributed by atoms with Crippen LogP contribution in [0, 0.1) is 18.3 Å². The zero-order chi connectivity index (χ0) is 23.1. The smallest absolute Gasteiger partial charge is 0.219 e. The highest BCUT2D eigenvalue weighted by Crippen LogP contribution is 2.45. The summed E-state index contributed by atoms with van der Waals surface area (Å²) in [5.74, 6) is 1.19. The number of rotatable bonds is 5. The first-order valence-corrected chi connectivity index (χ1v) is 11.5. The van der Waals surface area contributed by atoms with Gasteiger partial charge in [-0.25, -0.2) is 0 Å². The molecule has 2 aromatic heterocycles. The van der Waals surface area contributed by atoms with Gasteiger partial charge in [0.1, 0.15) is 11.8 Å². The van der Waals surface area contributed by atoms with Gasteiger partial charge in [-0.3, -0.25) is 4.79 Å². The van der Waals surface area contributed by atoms with E-state index < -0.39 is 0 Å². The molecule has 0 N–H and O–H groups in total. The first-order chi connectivity index (χ1) is 16.1. The van der Waals surface area contributed by atoms with Gasteiger partial charge in [-0.2, -0.15) is 5.26 Å². The maximum absolute atomic E-state index is 13.7. The Kier molecular flexibility index (Phi) is 5.27. The molecule has 0 saturated heterocycles. The Morgan fingerprint density at radius 3 is 2.45 bits per heavy atom. The van der Waals surface area contributed by atoms with Crippen LogP contribution in [0.25, 0.3) is 22.4 Å². The second kappa shape index (κ2) is 8.27. The monoisotopic (exact) mass is 454 g/mol. The van der Waals surface area contributed by atoms with E-state index in [1.165, 1.54) is 11.3 Å². The average Bonchev–Trinajstić information content (AvgIpc) is 3.49. The van der Waals surface area contributed by atoms with Crippen LogP contribution in [0.4, 0.5) is 0 Å². The quantitative estimate of drug-likeness (QED) is 0.354. The number of methoxy groups -OCH3 is 2. The number of nitriles is 1. The van der Waals surface area contributed by atoms with E-state index >= 15 is 0 Å². The Bertz CT molecular complexity index is 1410. The topological polar surface area (TPSA) is 64.2 Å². The first-order valence-electron chi connectivity index (χ1n) is 10.6. The van der Waals surface area contributed by atoms with E-state index in [2.05, 4.69) is 6.07 Å². The molecule has 1 aliphatic heterocycles. The summed E-state index contributed by atoms with van der Waals surface area (Å²) in [5, 5.41) is 12.2. The Morgan fingerprint density at radius 2 is 1.82 bits per heavy atom. The molecule has 4 aromatic rings. The summed E-state index contributed by atoms with van der Waals surface area (Å²) < 4.78 is 13.1. The minimum Gasteiger partial charge on any atom is -0.493 e. The van der Waals surface area contributed by atoms with Crippen LogP contribution in [0.15, 0.2) is 53.9 Å². The molecule has 0 radical (unpaired) electrons. The molecule has 0 unspecified atom stereocenters. The molecule has 5 nitrogen and oxygen atoms in total. The van der Waals surface area contributed by atoms with Crippen molar-refractivity contribution in [3.8, 4) is 40.0 Å². The fraction of sp³-hybridized carbons (Fsp3) is 0.185. The second-order valence-electron chi connectivity index (χ2n) is 8.00. The number of carbonyl (C=O) groups is 1. The van der Waals surface area contributed by atoms with E-state index in [9.17, 15) is 10.1 Å². The van der Waals surface area contributed by atoms with Crippen LogP contribution in [0.5, 0.6) is 11.5 Å². The largest absolute Gasteiger partial charge is 0.493 e. The van der Waals surface area contributed by atoms with Crippen molar-refractivity contribution < 1.29 is 14.3 Å². The predicted molar refractivity (Wildman–Crippen MR) is 129 cm³/mol. The molecule has 0 spiro atoms. The summed E-state index contributed by atoms with van der Waals surface area (Å²) >= 11 is 1.41. The Labute approximate surface area is 196 Å². The van der Waals surface area contributed by atoms with E-state index in [1.54, 1.807) is 14.2 Å². The van der Waals surface area contributed by atoms with Crippen molar-refractivity contribution in [1.82, 2.24) is 4.57 Å². The van der Waals surface area contributed by atoms with Crippen LogP contribution >= 0.6 is 11.3 Å². The molecule has 0 fully saturated rings. The molecule has 2 aromatic carbocycles. The van der Waals surface area contributed by atoms with E-state index in [1.807, 2.05) is 65.4 Å². The fourth-order valence-electron chi connectivity index (χ4n) is 4.57. The van der Waals surface area contributed by atoms with Gasteiger partial charge in [0.25, 0.3) is 0 Å². The van der Waals surface area contributed by atoms with Crippen molar-refractivity contribution in [2.45, 2.75) is 19.9 Å². The van der Waals surface area contributed by atoms with E-state index in [0.29, 0.717) is 39.7 Å². The maximum atomic E-state index is 13.7. The fourth-order valence-corrected chi connectivity index (χ4v) is 5.24. The van der Waals surface area contributed by atoms with Crippen molar-refractivity contribution in [1.29, 1.82) is 5.26 Å². The normalized spacial score (nSPS) is 11.9. The van der Waals surface area contributed by atoms with Gasteiger partial charge in [0.2, 0.25) is 5.78 Å². The van der Waals surface area contributed by atoms with Gasteiger partial charge < -0.3 is 14.0 Å². The van der Waals surface area contributed by atoms with Gasteiger partial charge in [0.15, 0.2) is 11.5 Å². The average molecular weight is 455 g/mol. The number of aromatic nitrogens is 1. The van der Waals surface area contributed by atoms with E-state index in [4.69, 9.17) is 9.47 Å². The molecule has 5 rings (SSSR count).